The van der Waals surface area contributed by atoms with Crippen LogP contribution in [0.15, 0.2) is 78.9 Å². The topological polar surface area (TPSA) is 58.9 Å². The van der Waals surface area contributed by atoms with E-state index in [2.05, 4.69) is 4.98 Å². The molecule has 0 bridgehead atoms. The van der Waals surface area contributed by atoms with Gasteiger partial charge >= 0.3 is 0 Å². The molecule has 1 aromatic heterocycles. The molecule has 0 fully saturated rings. The van der Waals surface area contributed by atoms with Crippen molar-refractivity contribution < 1.29 is 4.92 Å². The molecule has 0 amide bonds. The van der Waals surface area contributed by atoms with Crippen molar-refractivity contribution in [2.24, 2.45) is 0 Å². The molecule has 4 aromatic rings. The highest BCUT2D eigenvalue weighted by Crippen LogP contribution is 2.39. The maximum Gasteiger partial charge on any atom is 0.214 e. The average Bonchev–Trinajstić information content (AvgIpc) is 3.06. The van der Waals surface area contributed by atoms with Gasteiger partial charge in [0.25, 0.3) is 0 Å². The SMILES string of the molecule is O=[N+]([O-])CC(c1ccccc1)c1c(-c2ccccc2)[nH]c2ccc(Cl)cc12. The van der Waals surface area contributed by atoms with E-state index in [-0.39, 0.29) is 17.4 Å². The molecule has 0 aliphatic heterocycles. The molecule has 4 nitrogen and oxygen atoms in total. The van der Waals surface area contributed by atoms with Gasteiger partial charge in [-0.15, -0.1) is 0 Å². The molecule has 4 rings (SSSR count). The van der Waals surface area contributed by atoms with Crippen LogP contribution in [0.25, 0.3) is 22.2 Å². The van der Waals surface area contributed by atoms with Crippen LogP contribution in [-0.4, -0.2) is 16.5 Å². The molecule has 0 aliphatic rings. The van der Waals surface area contributed by atoms with Crippen LogP contribution in [0.3, 0.4) is 0 Å². The third-order valence-electron chi connectivity index (χ3n) is 4.75. The van der Waals surface area contributed by atoms with Gasteiger partial charge in [-0.05, 0) is 34.9 Å². The van der Waals surface area contributed by atoms with Crippen LogP contribution in [-0.2, 0) is 0 Å². The van der Waals surface area contributed by atoms with Gasteiger partial charge in [-0.2, -0.15) is 0 Å². The minimum Gasteiger partial charge on any atom is -0.354 e. The number of H-pyrrole nitrogens is 1. The molecule has 1 atom stereocenters. The number of aromatic amines is 1. The van der Waals surface area contributed by atoms with Gasteiger partial charge < -0.3 is 4.98 Å². The fraction of sp³-hybridized carbons (Fsp3) is 0.0909. The van der Waals surface area contributed by atoms with Crippen molar-refractivity contribution in [1.82, 2.24) is 4.98 Å². The summed E-state index contributed by atoms with van der Waals surface area (Å²) in [4.78, 5) is 14.7. The molecule has 5 heteroatoms. The number of hydrogen-bond acceptors (Lipinski definition) is 2. The molecule has 1 heterocycles. The Balaban J connectivity index is 2.02. The maximum atomic E-state index is 11.5. The standard InChI is InChI=1S/C22H17ClN2O2/c23-17-11-12-20-18(13-17)21(22(24-20)16-9-5-2-6-10-16)19(14-25(26)27)15-7-3-1-4-8-15/h1-13,19,24H,14H2. The summed E-state index contributed by atoms with van der Waals surface area (Å²) in [6.07, 6.45) is 0. The highest BCUT2D eigenvalue weighted by molar-refractivity contribution is 6.31. The molecule has 0 spiro atoms. The Hall–Kier alpha value is -3.11. The van der Waals surface area contributed by atoms with E-state index in [9.17, 15) is 10.1 Å². The lowest BCUT2D eigenvalue weighted by atomic mass is 9.87. The Morgan fingerprint density at radius 2 is 1.63 bits per heavy atom. The molecule has 27 heavy (non-hydrogen) atoms. The minimum atomic E-state index is -0.386. The number of nitrogens with zero attached hydrogens (tertiary/aromatic N) is 1. The lowest BCUT2D eigenvalue weighted by Crippen LogP contribution is -2.14. The molecular formula is C22H17ClN2O2. The number of hydrogen-bond donors (Lipinski definition) is 1. The maximum absolute atomic E-state index is 11.5. The molecule has 0 aliphatic carbocycles. The number of nitro groups is 1. The summed E-state index contributed by atoms with van der Waals surface area (Å²) >= 11 is 6.25. The predicted octanol–water partition coefficient (Wildman–Crippen LogP) is 5.90. The lowest BCUT2D eigenvalue weighted by molar-refractivity contribution is -0.481. The Labute approximate surface area is 161 Å². The molecule has 1 unspecified atom stereocenters. The van der Waals surface area contributed by atoms with Crippen molar-refractivity contribution in [1.29, 1.82) is 0 Å². The highest BCUT2D eigenvalue weighted by Gasteiger charge is 2.27. The number of nitrogens with one attached hydrogen (secondary N) is 1. The van der Waals surface area contributed by atoms with E-state index in [0.717, 1.165) is 33.3 Å². The fourth-order valence-electron chi connectivity index (χ4n) is 3.58. The van der Waals surface area contributed by atoms with Gasteiger partial charge in [0.2, 0.25) is 6.54 Å². The summed E-state index contributed by atoms with van der Waals surface area (Å²) in [5, 5.41) is 13.0. The third kappa shape index (κ3) is 3.44. The summed E-state index contributed by atoms with van der Waals surface area (Å²) < 4.78 is 0. The summed E-state index contributed by atoms with van der Waals surface area (Å²) in [6.45, 7) is -0.191. The van der Waals surface area contributed by atoms with E-state index in [4.69, 9.17) is 11.6 Å². The van der Waals surface area contributed by atoms with E-state index in [0.29, 0.717) is 5.02 Å². The Morgan fingerprint density at radius 1 is 0.963 bits per heavy atom. The Morgan fingerprint density at radius 3 is 2.30 bits per heavy atom. The van der Waals surface area contributed by atoms with Crippen LogP contribution in [0.4, 0.5) is 0 Å². The van der Waals surface area contributed by atoms with E-state index < -0.39 is 0 Å². The van der Waals surface area contributed by atoms with E-state index in [1.54, 1.807) is 0 Å². The van der Waals surface area contributed by atoms with Crippen molar-refractivity contribution in [2.75, 3.05) is 6.54 Å². The first-order chi connectivity index (χ1) is 13.1. The molecule has 134 valence electrons. The third-order valence-corrected chi connectivity index (χ3v) is 4.98. The summed E-state index contributed by atoms with van der Waals surface area (Å²) in [5.41, 5.74) is 4.61. The first-order valence-corrected chi connectivity index (χ1v) is 9.04. The smallest absolute Gasteiger partial charge is 0.214 e. The van der Waals surface area contributed by atoms with E-state index in [1.165, 1.54) is 0 Å². The van der Waals surface area contributed by atoms with Crippen molar-refractivity contribution in [2.45, 2.75) is 5.92 Å². The molecule has 1 N–H and O–H groups in total. The Kier molecular flexibility index (Phi) is 4.65. The van der Waals surface area contributed by atoms with Crippen LogP contribution < -0.4 is 0 Å². The second kappa shape index (κ2) is 7.25. The van der Waals surface area contributed by atoms with Gasteiger partial charge in [0.1, 0.15) is 0 Å². The molecule has 0 radical (unpaired) electrons. The first-order valence-electron chi connectivity index (χ1n) is 8.67. The Bertz CT molecular complexity index is 1090. The van der Waals surface area contributed by atoms with Crippen LogP contribution in [0.2, 0.25) is 5.02 Å². The van der Waals surface area contributed by atoms with Crippen LogP contribution >= 0.6 is 11.6 Å². The van der Waals surface area contributed by atoms with Gasteiger partial charge in [0.15, 0.2) is 0 Å². The average molecular weight is 377 g/mol. The zero-order valence-electron chi connectivity index (χ0n) is 14.4. The minimum absolute atomic E-state index is 0.191. The summed E-state index contributed by atoms with van der Waals surface area (Å²) in [6, 6.07) is 25.1. The van der Waals surface area contributed by atoms with Crippen LogP contribution in [0, 0.1) is 10.1 Å². The van der Waals surface area contributed by atoms with E-state index in [1.807, 2.05) is 78.9 Å². The van der Waals surface area contributed by atoms with Gasteiger partial charge in [-0.1, -0.05) is 72.3 Å². The molecule has 0 saturated heterocycles. The number of halogens is 1. The molecular weight excluding hydrogens is 360 g/mol. The van der Waals surface area contributed by atoms with E-state index >= 15 is 0 Å². The van der Waals surface area contributed by atoms with Crippen molar-refractivity contribution >= 4 is 22.5 Å². The second-order valence-electron chi connectivity index (χ2n) is 6.45. The van der Waals surface area contributed by atoms with Crippen LogP contribution in [0.1, 0.15) is 17.0 Å². The van der Waals surface area contributed by atoms with Crippen molar-refractivity contribution in [3.8, 4) is 11.3 Å². The predicted molar refractivity (Wildman–Crippen MR) is 109 cm³/mol. The number of rotatable bonds is 5. The zero-order valence-corrected chi connectivity index (χ0v) is 15.2. The lowest BCUT2D eigenvalue weighted by Gasteiger charge is -2.16. The van der Waals surface area contributed by atoms with Gasteiger partial charge in [-0.3, -0.25) is 10.1 Å². The normalized spacial score (nSPS) is 12.2. The largest absolute Gasteiger partial charge is 0.354 e. The monoisotopic (exact) mass is 376 g/mol. The summed E-state index contributed by atoms with van der Waals surface area (Å²) in [7, 11) is 0. The quantitative estimate of drug-likeness (QED) is 0.348. The molecule has 0 saturated carbocycles. The van der Waals surface area contributed by atoms with Crippen molar-refractivity contribution in [3.05, 3.63) is 105 Å². The molecule has 3 aromatic carbocycles. The number of benzene rings is 3. The fourth-order valence-corrected chi connectivity index (χ4v) is 3.75. The number of aromatic nitrogens is 1. The van der Waals surface area contributed by atoms with Gasteiger partial charge in [-0.25, -0.2) is 0 Å². The first kappa shape index (κ1) is 17.3. The van der Waals surface area contributed by atoms with Crippen LogP contribution in [0.5, 0.6) is 0 Å². The zero-order chi connectivity index (χ0) is 18.8. The second-order valence-corrected chi connectivity index (χ2v) is 6.88. The van der Waals surface area contributed by atoms with Crippen molar-refractivity contribution in [3.63, 3.8) is 0 Å². The van der Waals surface area contributed by atoms with Gasteiger partial charge in [0.05, 0.1) is 11.6 Å². The highest BCUT2D eigenvalue weighted by atomic mass is 35.5. The summed E-state index contributed by atoms with van der Waals surface area (Å²) in [5.74, 6) is -0.386. The van der Waals surface area contributed by atoms with Gasteiger partial charge in [0, 0.05) is 20.8 Å². The number of fused-ring (bicyclic) bond motifs is 1.